The molecule has 1 atom stereocenters. The number of carbonyl (C=O) groups is 1. The molecule has 0 unspecified atom stereocenters. The van der Waals surface area contributed by atoms with Gasteiger partial charge in [-0.05, 0) is 44.7 Å². The van der Waals surface area contributed by atoms with Crippen LogP contribution in [0.5, 0.6) is 11.5 Å². The van der Waals surface area contributed by atoms with Gasteiger partial charge in [0.05, 0.1) is 12.8 Å². The number of aryl methyl sites for hydroxylation is 1. The molecule has 0 radical (unpaired) electrons. The van der Waals surface area contributed by atoms with E-state index in [0.717, 1.165) is 36.9 Å². The molecular formula is C17H20N2O4. The zero-order valence-electron chi connectivity index (χ0n) is 13.3. The lowest BCUT2D eigenvalue weighted by atomic mass is 9.98. The van der Waals surface area contributed by atoms with E-state index in [1.807, 2.05) is 12.1 Å². The van der Waals surface area contributed by atoms with E-state index in [1.54, 1.807) is 26.2 Å². The minimum Gasteiger partial charge on any atom is -0.493 e. The number of amides is 1. The number of para-hydroxylation sites is 2. The number of methoxy groups -OCH3 is 1. The third-order valence-electron chi connectivity index (χ3n) is 3.94. The summed E-state index contributed by atoms with van der Waals surface area (Å²) in [4.78, 5) is 12.3. The van der Waals surface area contributed by atoms with Crippen LogP contribution in [0.15, 0.2) is 28.8 Å². The first-order chi connectivity index (χ1) is 11.2. The number of anilines is 1. The Labute approximate surface area is 134 Å². The molecule has 1 heterocycles. The van der Waals surface area contributed by atoms with E-state index in [0.29, 0.717) is 17.4 Å². The lowest BCUT2D eigenvalue weighted by molar-refractivity contribution is -0.122. The van der Waals surface area contributed by atoms with Gasteiger partial charge in [-0.25, -0.2) is 0 Å². The van der Waals surface area contributed by atoms with E-state index in [2.05, 4.69) is 10.5 Å². The topological polar surface area (TPSA) is 73.6 Å². The highest BCUT2D eigenvalue weighted by atomic mass is 16.5. The molecule has 0 aliphatic heterocycles. The summed E-state index contributed by atoms with van der Waals surface area (Å²) in [6.45, 7) is 1.69. The molecule has 1 amide bonds. The highest BCUT2D eigenvalue weighted by molar-refractivity contribution is 5.93. The Hall–Kier alpha value is -2.50. The molecule has 1 N–H and O–H groups in total. The lowest BCUT2D eigenvalue weighted by Crippen LogP contribution is -2.30. The summed E-state index contributed by atoms with van der Waals surface area (Å²) in [5.41, 5.74) is 1.96. The van der Waals surface area contributed by atoms with Gasteiger partial charge in [0.2, 0.25) is 5.88 Å². The van der Waals surface area contributed by atoms with Crippen LogP contribution in [0.25, 0.3) is 0 Å². The summed E-state index contributed by atoms with van der Waals surface area (Å²) >= 11 is 0. The molecule has 1 aromatic carbocycles. The maximum absolute atomic E-state index is 12.3. The van der Waals surface area contributed by atoms with Crippen LogP contribution in [0.3, 0.4) is 0 Å². The smallest absolute Gasteiger partial charge is 0.267 e. The summed E-state index contributed by atoms with van der Waals surface area (Å²) in [7, 11) is 1.56. The van der Waals surface area contributed by atoms with Crippen LogP contribution in [0.2, 0.25) is 0 Å². The molecule has 2 aromatic rings. The van der Waals surface area contributed by atoms with Crippen molar-refractivity contribution < 1.29 is 18.8 Å². The minimum atomic E-state index is -0.685. The van der Waals surface area contributed by atoms with E-state index in [-0.39, 0.29) is 5.91 Å². The highest BCUT2D eigenvalue weighted by Gasteiger charge is 2.23. The number of carbonyl (C=O) groups excluding carboxylic acids is 1. The summed E-state index contributed by atoms with van der Waals surface area (Å²) in [5, 5.41) is 6.80. The molecule has 0 saturated heterocycles. The van der Waals surface area contributed by atoms with Crippen LogP contribution in [0.4, 0.5) is 5.88 Å². The molecule has 122 valence electrons. The van der Waals surface area contributed by atoms with Crippen molar-refractivity contribution in [2.45, 2.75) is 38.7 Å². The van der Waals surface area contributed by atoms with Gasteiger partial charge in [0.1, 0.15) is 0 Å². The van der Waals surface area contributed by atoms with Crippen molar-refractivity contribution in [1.82, 2.24) is 5.16 Å². The second kappa shape index (κ2) is 6.73. The largest absolute Gasteiger partial charge is 0.493 e. The first-order valence-corrected chi connectivity index (χ1v) is 7.77. The van der Waals surface area contributed by atoms with Gasteiger partial charge in [0.15, 0.2) is 17.6 Å². The van der Waals surface area contributed by atoms with Crippen molar-refractivity contribution in [3.05, 3.63) is 35.5 Å². The Balaban J connectivity index is 1.67. The van der Waals surface area contributed by atoms with Crippen LogP contribution in [-0.2, 0) is 17.6 Å². The monoisotopic (exact) mass is 316 g/mol. The Morgan fingerprint density at radius 1 is 1.26 bits per heavy atom. The summed E-state index contributed by atoms with van der Waals surface area (Å²) in [6.07, 6.45) is 3.30. The van der Waals surface area contributed by atoms with Crippen LogP contribution < -0.4 is 14.8 Å². The maximum atomic E-state index is 12.3. The van der Waals surface area contributed by atoms with Crippen molar-refractivity contribution >= 4 is 11.8 Å². The highest BCUT2D eigenvalue weighted by Crippen LogP contribution is 2.29. The van der Waals surface area contributed by atoms with Crippen LogP contribution in [-0.4, -0.2) is 24.3 Å². The predicted molar refractivity (Wildman–Crippen MR) is 84.9 cm³/mol. The summed E-state index contributed by atoms with van der Waals surface area (Å²) < 4.78 is 16.2. The Bertz CT molecular complexity index is 696. The molecule has 23 heavy (non-hydrogen) atoms. The van der Waals surface area contributed by atoms with Gasteiger partial charge < -0.3 is 14.0 Å². The van der Waals surface area contributed by atoms with Crippen LogP contribution >= 0.6 is 0 Å². The van der Waals surface area contributed by atoms with Gasteiger partial charge in [-0.1, -0.05) is 17.3 Å². The Kier molecular flexibility index (Phi) is 4.50. The number of aromatic nitrogens is 1. The molecule has 3 rings (SSSR count). The van der Waals surface area contributed by atoms with Crippen LogP contribution in [0, 0.1) is 0 Å². The maximum Gasteiger partial charge on any atom is 0.267 e. The Morgan fingerprint density at radius 3 is 2.78 bits per heavy atom. The fraction of sp³-hybridized carbons (Fsp3) is 0.412. The Morgan fingerprint density at radius 2 is 2.00 bits per heavy atom. The van der Waals surface area contributed by atoms with E-state index in [1.165, 1.54) is 0 Å². The molecule has 0 saturated carbocycles. The second-order valence-electron chi connectivity index (χ2n) is 5.54. The summed E-state index contributed by atoms with van der Waals surface area (Å²) in [5.74, 6) is 1.28. The van der Waals surface area contributed by atoms with Crippen molar-refractivity contribution in [3.63, 3.8) is 0 Å². The first kappa shape index (κ1) is 15.4. The zero-order valence-corrected chi connectivity index (χ0v) is 13.3. The van der Waals surface area contributed by atoms with Crippen molar-refractivity contribution in [2.75, 3.05) is 12.4 Å². The third-order valence-corrected chi connectivity index (χ3v) is 3.94. The normalized spacial score (nSPS) is 14.7. The van der Waals surface area contributed by atoms with Gasteiger partial charge in [0, 0.05) is 5.56 Å². The fourth-order valence-corrected chi connectivity index (χ4v) is 2.66. The molecule has 1 aliphatic carbocycles. The number of hydrogen-bond acceptors (Lipinski definition) is 5. The fourth-order valence-electron chi connectivity index (χ4n) is 2.66. The van der Waals surface area contributed by atoms with Gasteiger partial charge in [-0.15, -0.1) is 0 Å². The molecule has 6 nitrogen and oxygen atoms in total. The molecule has 1 aliphatic rings. The average molecular weight is 316 g/mol. The number of fused-ring (bicyclic) bond motifs is 1. The van der Waals surface area contributed by atoms with Crippen LogP contribution in [0.1, 0.15) is 31.0 Å². The molecule has 0 spiro atoms. The predicted octanol–water partition coefficient (Wildman–Crippen LogP) is 2.97. The lowest BCUT2D eigenvalue weighted by Gasteiger charge is -2.16. The molecule has 0 bridgehead atoms. The van der Waals surface area contributed by atoms with Crippen molar-refractivity contribution in [1.29, 1.82) is 0 Å². The van der Waals surface area contributed by atoms with E-state index in [4.69, 9.17) is 14.0 Å². The SMILES string of the molecule is COc1ccccc1O[C@H](C)C(=O)Nc1onc2c1CCCC2. The van der Waals surface area contributed by atoms with E-state index < -0.39 is 6.10 Å². The molecule has 1 aromatic heterocycles. The summed E-state index contributed by atoms with van der Waals surface area (Å²) in [6, 6.07) is 7.22. The van der Waals surface area contributed by atoms with Gasteiger partial charge in [-0.3, -0.25) is 10.1 Å². The zero-order chi connectivity index (χ0) is 16.2. The number of benzene rings is 1. The number of nitrogens with zero attached hydrogens (tertiary/aromatic N) is 1. The standard InChI is InChI=1S/C17H20N2O4/c1-11(22-15-10-6-5-9-14(15)21-2)16(20)18-17-12-7-3-4-8-13(12)19-23-17/h5-6,9-11H,3-4,7-8H2,1-2H3,(H,18,20)/t11-/m1/s1. The molecular weight excluding hydrogens is 296 g/mol. The quantitative estimate of drug-likeness (QED) is 0.918. The number of rotatable bonds is 5. The van der Waals surface area contributed by atoms with E-state index >= 15 is 0 Å². The minimum absolute atomic E-state index is 0.277. The van der Waals surface area contributed by atoms with Gasteiger partial charge in [0.25, 0.3) is 5.91 Å². The van der Waals surface area contributed by atoms with E-state index in [9.17, 15) is 4.79 Å². The van der Waals surface area contributed by atoms with Crippen molar-refractivity contribution in [3.8, 4) is 11.5 Å². The molecule has 6 heteroatoms. The van der Waals surface area contributed by atoms with Crippen molar-refractivity contribution in [2.24, 2.45) is 0 Å². The average Bonchev–Trinajstić information content (AvgIpc) is 2.98. The van der Waals surface area contributed by atoms with Gasteiger partial charge in [-0.2, -0.15) is 0 Å². The first-order valence-electron chi connectivity index (χ1n) is 7.77. The van der Waals surface area contributed by atoms with Gasteiger partial charge >= 0.3 is 0 Å². The second-order valence-corrected chi connectivity index (χ2v) is 5.54. The number of hydrogen-bond donors (Lipinski definition) is 1. The molecule has 0 fully saturated rings. The number of nitrogens with one attached hydrogen (secondary N) is 1. The number of ether oxygens (including phenoxy) is 2. The third kappa shape index (κ3) is 3.31.